The fourth-order valence-electron chi connectivity index (χ4n) is 2.42. The second-order valence-electron chi connectivity index (χ2n) is 5.63. The Hall–Kier alpha value is -1.43. The highest BCUT2D eigenvalue weighted by Gasteiger charge is 2.25. The number of ether oxygens (including phenoxy) is 1. The van der Waals surface area contributed by atoms with Gasteiger partial charge in [0.2, 0.25) is 0 Å². The number of nitrogens with zero attached hydrogens (tertiary/aromatic N) is 1. The SMILES string of the molecule is CCC(C(O)[C@H](C)OCCNC(=O)c1ccccc1)N(C)C. The fourth-order valence-corrected chi connectivity index (χ4v) is 2.42. The number of hydrogen-bond acceptors (Lipinski definition) is 4. The molecule has 0 radical (unpaired) electrons. The quantitative estimate of drug-likeness (QED) is 0.679. The van der Waals surface area contributed by atoms with Crippen LogP contribution in [0.15, 0.2) is 30.3 Å². The van der Waals surface area contributed by atoms with E-state index < -0.39 is 6.10 Å². The van der Waals surface area contributed by atoms with Crippen LogP contribution >= 0.6 is 0 Å². The standard InChI is InChI=1S/C17H28N2O3/c1-5-15(19(3)4)16(20)13(2)22-12-11-18-17(21)14-9-7-6-8-10-14/h6-10,13,15-16,20H,5,11-12H2,1-4H3,(H,18,21)/t13-,15?,16?/m0/s1. The van der Waals surface area contributed by atoms with E-state index in [2.05, 4.69) is 5.32 Å². The molecule has 0 heterocycles. The number of aliphatic hydroxyl groups excluding tert-OH is 1. The Morgan fingerprint density at radius 2 is 1.95 bits per heavy atom. The van der Waals surface area contributed by atoms with Crippen molar-refractivity contribution in [1.29, 1.82) is 0 Å². The zero-order valence-corrected chi connectivity index (χ0v) is 14.0. The van der Waals surface area contributed by atoms with Gasteiger partial charge < -0.3 is 20.1 Å². The second-order valence-corrected chi connectivity index (χ2v) is 5.63. The van der Waals surface area contributed by atoms with Crippen molar-refractivity contribution in [2.75, 3.05) is 27.2 Å². The minimum Gasteiger partial charge on any atom is -0.389 e. The van der Waals surface area contributed by atoms with E-state index in [1.165, 1.54) is 0 Å². The van der Waals surface area contributed by atoms with E-state index >= 15 is 0 Å². The zero-order chi connectivity index (χ0) is 16.5. The smallest absolute Gasteiger partial charge is 0.251 e. The summed E-state index contributed by atoms with van der Waals surface area (Å²) in [6.07, 6.45) is 0.0258. The first-order valence-electron chi connectivity index (χ1n) is 7.76. The third kappa shape index (κ3) is 5.75. The van der Waals surface area contributed by atoms with Gasteiger partial charge in [0.25, 0.3) is 5.91 Å². The van der Waals surface area contributed by atoms with Crippen molar-refractivity contribution < 1.29 is 14.6 Å². The maximum atomic E-state index is 11.8. The Morgan fingerprint density at radius 1 is 1.32 bits per heavy atom. The van der Waals surface area contributed by atoms with E-state index in [9.17, 15) is 9.90 Å². The maximum absolute atomic E-state index is 11.8. The average Bonchev–Trinajstić information content (AvgIpc) is 2.52. The van der Waals surface area contributed by atoms with E-state index in [0.29, 0.717) is 18.7 Å². The van der Waals surface area contributed by atoms with Crippen LogP contribution in [0.1, 0.15) is 30.6 Å². The minimum atomic E-state index is -0.551. The molecule has 0 aliphatic heterocycles. The van der Waals surface area contributed by atoms with Crippen LogP contribution in [0.2, 0.25) is 0 Å². The Labute approximate surface area is 133 Å². The summed E-state index contributed by atoms with van der Waals surface area (Å²) in [5, 5.41) is 13.1. The number of nitrogens with one attached hydrogen (secondary N) is 1. The second kappa shape index (κ2) is 9.56. The lowest BCUT2D eigenvalue weighted by Crippen LogP contribution is -2.45. The first-order valence-corrected chi connectivity index (χ1v) is 7.76. The molecule has 5 nitrogen and oxygen atoms in total. The highest BCUT2D eigenvalue weighted by atomic mass is 16.5. The van der Waals surface area contributed by atoms with Crippen molar-refractivity contribution in [1.82, 2.24) is 10.2 Å². The van der Waals surface area contributed by atoms with E-state index in [-0.39, 0.29) is 18.1 Å². The molecule has 0 saturated carbocycles. The lowest BCUT2D eigenvalue weighted by molar-refractivity contribution is -0.0580. The van der Waals surface area contributed by atoms with Crippen LogP contribution in [-0.2, 0) is 4.74 Å². The highest BCUT2D eigenvalue weighted by molar-refractivity contribution is 5.94. The minimum absolute atomic E-state index is 0.0638. The number of aliphatic hydroxyl groups is 1. The third-order valence-electron chi connectivity index (χ3n) is 3.76. The Bertz CT molecular complexity index is 437. The third-order valence-corrected chi connectivity index (χ3v) is 3.76. The van der Waals surface area contributed by atoms with Gasteiger partial charge in [-0.2, -0.15) is 0 Å². The topological polar surface area (TPSA) is 61.8 Å². The molecule has 0 aliphatic rings. The summed E-state index contributed by atoms with van der Waals surface area (Å²) < 4.78 is 5.63. The molecule has 0 fully saturated rings. The van der Waals surface area contributed by atoms with Gasteiger partial charge in [-0.25, -0.2) is 0 Å². The number of carbonyl (C=O) groups is 1. The predicted octanol–water partition coefficient (Wildman–Crippen LogP) is 1.52. The predicted molar refractivity (Wildman–Crippen MR) is 88.0 cm³/mol. The monoisotopic (exact) mass is 308 g/mol. The molecular formula is C17H28N2O3. The van der Waals surface area contributed by atoms with Crippen molar-refractivity contribution in [3.63, 3.8) is 0 Å². The van der Waals surface area contributed by atoms with Crippen molar-refractivity contribution in [3.05, 3.63) is 35.9 Å². The molecule has 3 atom stereocenters. The zero-order valence-electron chi connectivity index (χ0n) is 14.0. The number of benzene rings is 1. The summed E-state index contributed by atoms with van der Waals surface area (Å²) >= 11 is 0. The molecule has 1 aromatic rings. The number of rotatable bonds is 9. The van der Waals surface area contributed by atoms with Gasteiger partial charge in [0, 0.05) is 18.2 Å². The molecule has 0 saturated heterocycles. The van der Waals surface area contributed by atoms with Crippen LogP contribution in [0.4, 0.5) is 0 Å². The molecule has 124 valence electrons. The molecule has 0 bridgehead atoms. The molecule has 0 aromatic heterocycles. The molecule has 2 unspecified atom stereocenters. The lowest BCUT2D eigenvalue weighted by atomic mass is 10.0. The summed E-state index contributed by atoms with van der Waals surface area (Å²) in [7, 11) is 3.90. The van der Waals surface area contributed by atoms with E-state index in [1.807, 2.05) is 51.0 Å². The first-order chi connectivity index (χ1) is 10.5. The molecular weight excluding hydrogens is 280 g/mol. The fraction of sp³-hybridized carbons (Fsp3) is 0.588. The Kier molecular flexibility index (Phi) is 8.09. The van der Waals surface area contributed by atoms with Gasteiger partial charge in [0.05, 0.1) is 18.8 Å². The maximum Gasteiger partial charge on any atom is 0.251 e. The summed E-state index contributed by atoms with van der Waals surface area (Å²) in [5.41, 5.74) is 0.634. The van der Waals surface area contributed by atoms with E-state index in [1.54, 1.807) is 12.1 Å². The van der Waals surface area contributed by atoms with Gasteiger partial charge in [-0.3, -0.25) is 4.79 Å². The Morgan fingerprint density at radius 3 is 2.50 bits per heavy atom. The summed E-state index contributed by atoms with van der Waals surface area (Å²) in [4.78, 5) is 13.8. The van der Waals surface area contributed by atoms with Gasteiger partial charge in [0.1, 0.15) is 0 Å². The molecule has 1 rings (SSSR count). The summed E-state index contributed by atoms with van der Waals surface area (Å²) in [6, 6.07) is 9.13. The largest absolute Gasteiger partial charge is 0.389 e. The van der Waals surface area contributed by atoms with Gasteiger partial charge in [-0.05, 0) is 39.6 Å². The van der Waals surface area contributed by atoms with E-state index in [0.717, 1.165) is 6.42 Å². The van der Waals surface area contributed by atoms with Crippen LogP contribution in [0.25, 0.3) is 0 Å². The van der Waals surface area contributed by atoms with Gasteiger partial charge in [0.15, 0.2) is 0 Å². The number of likely N-dealkylation sites (N-methyl/N-ethyl adjacent to an activating group) is 1. The van der Waals surface area contributed by atoms with Crippen LogP contribution in [0.3, 0.4) is 0 Å². The first kappa shape index (κ1) is 18.6. The normalized spacial score (nSPS) is 15.4. The lowest BCUT2D eigenvalue weighted by Gasteiger charge is -2.31. The van der Waals surface area contributed by atoms with Crippen LogP contribution in [0.5, 0.6) is 0 Å². The molecule has 2 N–H and O–H groups in total. The van der Waals surface area contributed by atoms with Crippen LogP contribution in [-0.4, -0.2) is 61.4 Å². The average molecular weight is 308 g/mol. The Balaban J connectivity index is 2.30. The van der Waals surface area contributed by atoms with Crippen molar-refractivity contribution in [3.8, 4) is 0 Å². The number of amides is 1. The molecule has 1 aromatic carbocycles. The molecule has 0 spiro atoms. The summed E-state index contributed by atoms with van der Waals surface area (Å²) in [5.74, 6) is -0.114. The van der Waals surface area contributed by atoms with Crippen LogP contribution < -0.4 is 5.32 Å². The highest BCUT2D eigenvalue weighted by Crippen LogP contribution is 2.11. The number of hydrogen-bond donors (Lipinski definition) is 2. The van der Waals surface area contributed by atoms with Gasteiger partial charge >= 0.3 is 0 Å². The van der Waals surface area contributed by atoms with Crippen molar-refractivity contribution in [2.24, 2.45) is 0 Å². The van der Waals surface area contributed by atoms with Crippen molar-refractivity contribution >= 4 is 5.91 Å². The molecule has 22 heavy (non-hydrogen) atoms. The van der Waals surface area contributed by atoms with Crippen molar-refractivity contribution in [2.45, 2.75) is 38.5 Å². The molecule has 1 amide bonds. The summed E-state index contributed by atoms with van der Waals surface area (Å²) in [6.45, 7) is 4.70. The number of carbonyl (C=O) groups excluding carboxylic acids is 1. The molecule has 5 heteroatoms. The van der Waals surface area contributed by atoms with E-state index in [4.69, 9.17) is 4.74 Å². The van der Waals surface area contributed by atoms with Crippen LogP contribution in [0, 0.1) is 0 Å². The van der Waals surface area contributed by atoms with Gasteiger partial charge in [-0.15, -0.1) is 0 Å². The van der Waals surface area contributed by atoms with Gasteiger partial charge in [-0.1, -0.05) is 25.1 Å². The molecule has 0 aliphatic carbocycles.